The third-order valence-corrected chi connectivity index (χ3v) is 3.59. The van der Waals surface area contributed by atoms with Gasteiger partial charge in [0.15, 0.2) is 0 Å². The second kappa shape index (κ2) is 5.18. The van der Waals surface area contributed by atoms with Gasteiger partial charge in [0.25, 0.3) is 0 Å². The van der Waals surface area contributed by atoms with Gasteiger partial charge in [0, 0.05) is 18.8 Å². The summed E-state index contributed by atoms with van der Waals surface area (Å²) in [6.07, 6.45) is 6.37. The number of rotatable bonds is 2. The number of hydrogen-bond donors (Lipinski definition) is 0. The Morgan fingerprint density at radius 3 is 2.65 bits per heavy atom. The van der Waals surface area contributed by atoms with Crippen LogP contribution in [0.3, 0.4) is 0 Å². The van der Waals surface area contributed by atoms with Gasteiger partial charge in [-0.1, -0.05) is 19.3 Å². The van der Waals surface area contributed by atoms with Crippen LogP contribution in [0.5, 0.6) is 0 Å². The first-order valence-corrected chi connectivity index (χ1v) is 6.33. The molecule has 0 unspecified atom stereocenters. The normalized spacial score (nSPS) is 16.5. The summed E-state index contributed by atoms with van der Waals surface area (Å²) in [6, 6.07) is 6.56. The minimum absolute atomic E-state index is 0.546. The molecule has 0 aromatic carbocycles. The molecule has 3 nitrogen and oxygen atoms in total. The van der Waals surface area contributed by atoms with Gasteiger partial charge in [-0.2, -0.15) is 5.26 Å². The largest absolute Gasteiger partial charge is 0.356 e. The molecule has 0 saturated heterocycles. The highest BCUT2D eigenvalue weighted by Gasteiger charge is 2.21. The van der Waals surface area contributed by atoms with Crippen LogP contribution in [0.4, 0.5) is 5.82 Å². The predicted molar refractivity (Wildman–Crippen MR) is 69.0 cm³/mol. The van der Waals surface area contributed by atoms with E-state index in [1.165, 1.54) is 32.1 Å². The van der Waals surface area contributed by atoms with E-state index < -0.39 is 0 Å². The van der Waals surface area contributed by atoms with Gasteiger partial charge in [0.1, 0.15) is 11.9 Å². The Morgan fingerprint density at radius 2 is 2.00 bits per heavy atom. The minimum Gasteiger partial charge on any atom is -0.356 e. The van der Waals surface area contributed by atoms with E-state index in [9.17, 15) is 0 Å². The molecule has 0 bridgehead atoms. The molecule has 1 aliphatic rings. The molecule has 3 heteroatoms. The summed E-state index contributed by atoms with van der Waals surface area (Å²) in [5, 5.41) is 9.14. The highest BCUT2D eigenvalue weighted by atomic mass is 15.2. The van der Waals surface area contributed by atoms with Crippen LogP contribution in [0, 0.1) is 18.3 Å². The van der Waals surface area contributed by atoms with Crippen LogP contribution in [0.2, 0.25) is 0 Å². The first-order chi connectivity index (χ1) is 8.22. The van der Waals surface area contributed by atoms with Gasteiger partial charge < -0.3 is 4.90 Å². The van der Waals surface area contributed by atoms with Gasteiger partial charge in [0.05, 0.1) is 5.56 Å². The zero-order valence-corrected chi connectivity index (χ0v) is 10.6. The summed E-state index contributed by atoms with van der Waals surface area (Å²) in [5.41, 5.74) is 1.66. The molecular weight excluding hydrogens is 210 g/mol. The van der Waals surface area contributed by atoms with Crippen molar-refractivity contribution in [2.45, 2.75) is 45.1 Å². The average Bonchev–Trinajstić information content (AvgIpc) is 2.39. The van der Waals surface area contributed by atoms with E-state index in [4.69, 9.17) is 5.26 Å². The maximum absolute atomic E-state index is 9.14. The van der Waals surface area contributed by atoms with Gasteiger partial charge in [0.2, 0.25) is 0 Å². The van der Waals surface area contributed by atoms with Gasteiger partial charge >= 0.3 is 0 Å². The van der Waals surface area contributed by atoms with E-state index >= 15 is 0 Å². The molecule has 0 N–H and O–H groups in total. The lowest BCUT2D eigenvalue weighted by Crippen LogP contribution is -2.34. The first kappa shape index (κ1) is 11.9. The molecule has 1 aromatic heterocycles. The summed E-state index contributed by atoms with van der Waals surface area (Å²) >= 11 is 0. The highest BCUT2D eigenvalue weighted by molar-refractivity contribution is 5.54. The van der Waals surface area contributed by atoms with Crippen molar-refractivity contribution >= 4 is 5.82 Å². The Hall–Kier alpha value is -1.56. The second-order valence-corrected chi connectivity index (χ2v) is 4.84. The lowest BCUT2D eigenvalue weighted by atomic mass is 9.94. The number of nitriles is 1. The topological polar surface area (TPSA) is 39.9 Å². The van der Waals surface area contributed by atoms with Gasteiger partial charge in [-0.3, -0.25) is 0 Å². The van der Waals surface area contributed by atoms with Crippen LogP contribution in [0.1, 0.15) is 43.4 Å². The molecule has 1 fully saturated rings. The summed E-state index contributed by atoms with van der Waals surface area (Å²) in [5.74, 6) is 0.847. The van der Waals surface area contributed by atoms with E-state index in [0.29, 0.717) is 11.6 Å². The van der Waals surface area contributed by atoms with Crippen molar-refractivity contribution in [1.29, 1.82) is 5.26 Å². The molecular formula is C14H19N3. The standard InChI is InChI=1S/C14H19N3/c1-11-8-9-12(10-15)14(16-11)17(2)13-6-4-3-5-7-13/h8-9,13H,3-7H2,1-2H3. The number of pyridine rings is 1. The molecule has 0 spiro atoms. The molecule has 1 aliphatic carbocycles. The zero-order valence-electron chi connectivity index (χ0n) is 10.6. The first-order valence-electron chi connectivity index (χ1n) is 6.33. The monoisotopic (exact) mass is 229 g/mol. The van der Waals surface area contributed by atoms with E-state index in [-0.39, 0.29) is 0 Å². The Bertz CT molecular complexity index is 428. The summed E-state index contributed by atoms with van der Waals surface area (Å²) in [4.78, 5) is 6.72. The lowest BCUT2D eigenvalue weighted by Gasteiger charge is -2.32. The van der Waals surface area contributed by atoms with E-state index in [1.807, 2.05) is 19.1 Å². The van der Waals surface area contributed by atoms with Crippen molar-refractivity contribution in [3.8, 4) is 6.07 Å². The highest BCUT2D eigenvalue weighted by Crippen LogP contribution is 2.26. The molecule has 1 heterocycles. The van der Waals surface area contributed by atoms with Crippen molar-refractivity contribution in [3.05, 3.63) is 23.4 Å². The molecule has 2 rings (SSSR count). The van der Waals surface area contributed by atoms with Crippen molar-refractivity contribution in [3.63, 3.8) is 0 Å². The SMILES string of the molecule is Cc1ccc(C#N)c(N(C)C2CCCCC2)n1. The van der Waals surface area contributed by atoms with Crippen molar-refractivity contribution in [2.75, 3.05) is 11.9 Å². The van der Waals surface area contributed by atoms with Gasteiger partial charge in [-0.15, -0.1) is 0 Å². The predicted octanol–water partition coefficient (Wildman–Crippen LogP) is 3.03. The summed E-state index contributed by atoms with van der Waals surface area (Å²) in [6.45, 7) is 1.97. The van der Waals surface area contributed by atoms with Crippen LogP contribution in [0.15, 0.2) is 12.1 Å². The number of aryl methyl sites for hydroxylation is 1. The van der Waals surface area contributed by atoms with Crippen LogP contribution in [0.25, 0.3) is 0 Å². The molecule has 17 heavy (non-hydrogen) atoms. The number of nitrogens with zero attached hydrogens (tertiary/aromatic N) is 3. The maximum Gasteiger partial charge on any atom is 0.146 e. The molecule has 0 radical (unpaired) electrons. The fourth-order valence-corrected chi connectivity index (χ4v) is 2.54. The quantitative estimate of drug-likeness (QED) is 0.782. The van der Waals surface area contributed by atoms with Crippen LogP contribution in [-0.4, -0.2) is 18.1 Å². The Labute approximate surface area is 103 Å². The van der Waals surface area contributed by atoms with Crippen LogP contribution < -0.4 is 4.90 Å². The second-order valence-electron chi connectivity index (χ2n) is 4.84. The van der Waals surface area contributed by atoms with Crippen molar-refractivity contribution < 1.29 is 0 Å². The third kappa shape index (κ3) is 2.58. The van der Waals surface area contributed by atoms with Crippen LogP contribution >= 0.6 is 0 Å². The molecule has 90 valence electrons. The fraction of sp³-hybridized carbons (Fsp3) is 0.571. The van der Waals surface area contributed by atoms with E-state index in [0.717, 1.165) is 11.5 Å². The van der Waals surface area contributed by atoms with E-state index in [1.54, 1.807) is 0 Å². The molecule has 0 amide bonds. The number of hydrogen-bond acceptors (Lipinski definition) is 3. The lowest BCUT2D eigenvalue weighted by molar-refractivity contribution is 0.426. The summed E-state index contributed by atoms with van der Waals surface area (Å²) < 4.78 is 0. The molecule has 0 atom stereocenters. The zero-order chi connectivity index (χ0) is 12.3. The third-order valence-electron chi connectivity index (χ3n) is 3.59. The van der Waals surface area contributed by atoms with Crippen molar-refractivity contribution in [2.24, 2.45) is 0 Å². The Morgan fingerprint density at radius 1 is 1.29 bits per heavy atom. The minimum atomic E-state index is 0.546. The molecule has 1 aromatic rings. The number of anilines is 1. The maximum atomic E-state index is 9.14. The Balaban J connectivity index is 2.25. The molecule has 1 saturated carbocycles. The Kier molecular flexibility index (Phi) is 3.63. The average molecular weight is 229 g/mol. The summed E-state index contributed by atoms with van der Waals surface area (Å²) in [7, 11) is 2.07. The number of aromatic nitrogens is 1. The van der Waals surface area contributed by atoms with Gasteiger partial charge in [-0.05, 0) is 31.9 Å². The van der Waals surface area contributed by atoms with Crippen LogP contribution in [-0.2, 0) is 0 Å². The fourth-order valence-electron chi connectivity index (χ4n) is 2.54. The van der Waals surface area contributed by atoms with Gasteiger partial charge in [-0.25, -0.2) is 4.98 Å². The van der Waals surface area contributed by atoms with E-state index in [2.05, 4.69) is 23.0 Å². The van der Waals surface area contributed by atoms with Crippen molar-refractivity contribution in [1.82, 2.24) is 4.98 Å². The smallest absolute Gasteiger partial charge is 0.146 e. The molecule has 0 aliphatic heterocycles.